The molecule has 3 aliphatic rings. The standard InChI is InChI=1S/C35H37F8N5O2/c1-44-8-2-3-31(44)33(50)47-9-6-27(21-47)46-13-11-45(12-14-46)26-7-10-48(28(20-26)15-22-4-5-29(36)30(37)16-22)32(49)23-17-24(34(38,39)40)19-25(18-23)35(41,42)43/h2-5,8,16-19,26-28H,6-7,9-15,20-21H2,1H3. The van der Waals surface area contributed by atoms with E-state index in [1.807, 2.05) is 24.2 Å². The lowest BCUT2D eigenvalue weighted by atomic mass is 9.90. The van der Waals surface area contributed by atoms with Crippen molar-refractivity contribution in [1.29, 1.82) is 0 Å². The summed E-state index contributed by atoms with van der Waals surface area (Å²) < 4.78 is 111. The number of hydrogen-bond acceptors (Lipinski definition) is 4. The van der Waals surface area contributed by atoms with E-state index in [1.54, 1.807) is 10.6 Å². The second kappa shape index (κ2) is 14.0. The summed E-state index contributed by atoms with van der Waals surface area (Å²) in [6.45, 7) is 4.15. The third-order valence-corrected chi connectivity index (χ3v) is 10.2. The Kier molecular flexibility index (Phi) is 10.0. The van der Waals surface area contributed by atoms with E-state index in [9.17, 15) is 44.7 Å². The van der Waals surface area contributed by atoms with E-state index in [-0.39, 0.29) is 37.0 Å². The van der Waals surface area contributed by atoms with E-state index >= 15 is 0 Å². The number of benzene rings is 2. The van der Waals surface area contributed by atoms with Crippen LogP contribution in [0.25, 0.3) is 0 Å². The van der Waals surface area contributed by atoms with Crippen molar-refractivity contribution in [3.05, 3.63) is 94.3 Å². The minimum atomic E-state index is -5.12. The van der Waals surface area contributed by atoms with E-state index in [4.69, 9.17) is 0 Å². The first-order valence-corrected chi connectivity index (χ1v) is 16.5. The Bertz CT molecular complexity index is 1680. The molecule has 3 unspecified atom stereocenters. The first-order chi connectivity index (χ1) is 23.6. The molecule has 3 fully saturated rings. The predicted octanol–water partition coefficient (Wildman–Crippen LogP) is 6.09. The van der Waals surface area contributed by atoms with Gasteiger partial charge < -0.3 is 14.4 Å². The Morgan fingerprint density at radius 1 is 0.740 bits per heavy atom. The van der Waals surface area contributed by atoms with Crippen LogP contribution < -0.4 is 0 Å². The van der Waals surface area contributed by atoms with Gasteiger partial charge >= 0.3 is 12.4 Å². The lowest BCUT2D eigenvalue weighted by Crippen LogP contribution is -2.58. The molecule has 270 valence electrons. The van der Waals surface area contributed by atoms with Gasteiger partial charge in [0.05, 0.1) is 11.1 Å². The van der Waals surface area contributed by atoms with Gasteiger partial charge in [-0.25, -0.2) is 8.78 Å². The second-order valence-corrected chi connectivity index (χ2v) is 13.3. The number of piperidine rings is 1. The number of aryl methyl sites for hydroxylation is 1. The van der Waals surface area contributed by atoms with Crippen molar-refractivity contribution in [2.75, 3.05) is 45.8 Å². The third-order valence-electron chi connectivity index (χ3n) is 10.2. The molecule has 3 saturated heterocycles. The van der Waals surface area contributed by atoms with E-state index in [0.717, 1.165) is 31.6 Å². The SMILES string of the molecule is Cn1cccc1C(=O)N1CCC(N2CCN(C3CCN(C(=O)c4cc(C(F)(F)F)cc(C(F)(F)F)c4)C(Cc4ccc(F)c(F)c4)C3)CC2)C1. The number of carbonyl (C=O) groups is 2. The normalized spacial score (nSPS) is 22.7. The van der Waals surface area contributed by atoms with Gasteiger partial charge in [0.2, 0.25) is 0 Å². The van der Waals surface area contributed by atoms with Gasteiger partial charge in [0, 0.05) is 82.7 Å². The summed E-state index contributed by atoms with van der Waals surface area (Å²) in [5.41, 5.74) is -2.95. The molecule has 7 nitrogen and oxygen atoms in total. The van der Waals surface area contributed by atoms with Crippen LogP contribution in [0.2, 0.25) is 0 Å². The van der Waals surface area contributed by atoms with Crippen molar-refractivity contribution in [2.45, 2.75) is 56.2 Å². The molecule has 0 spiro atoms. The number of piperazine rings is 1. The van der Waals surface area contributed by atoms with Gasteiger partial charge in [0.1, 0.15) is 5.69 Å². The lowest BCUT2D eigenvalue weighted by molar-refractivity contribution is -0.143. The smallest absolute Gasteiger partial charge is 0.347 e. The highest BCUT2D eigenvalue weighted by Crippen LogP contribution is 2.37. The number of carbonyl (C=O) groups excluding carboxylic acids is 2. The first-order valence-electron chi connectivity index (χ1n) is 16.5. The van der Waals surface area contributed by atoms with E-state index in [2.05, 4.69) is 9.80 Å². The van der Waals surface area contributed by atoms with Crippen LogP contribution in [0.1, 0.15) is 56.8 Å². The number of amides is 2. The topological polar surface area (TPSA) is 52.0 Å². The molecular weight excluding hydrogens is 674 g/mol. The number of alkyl halides is 6. The minimum Gasteiger partial charge on any atom is -0.347 e. The fourth-order valence-electron chi connectivity index (χ4n) is 7.54. The van der Waals surface area contributed by atoms with Gasteiger partial charge in [-0.05, 0) is 73.7 Å². The number of rotatable bonds is 6. The molecule has 3 atom stereocenters. The summed E-state index contributed by atoms with van der Waals surface area (Å²) in [5.74, 6) is -3.17. The fourth-order valence-corrected chi connectivity index (χ4v) is 7.54. The molecule has 0 radical (unpaired) electrons. The van der Waals surface area contributed by atoms with Crippen molar-refractivity contribution in [2.24, 2.45) is 7.05 Å². The molecule has 2 amide bonds. The highest BCUT2D eigenvalue weighted by atomic mass is 19.4. The second-order valence-electron chi connectivity index (χ2n) is 13.3. The van der Waals surface area contributed by atoms with E-state index in [1.165, 1.54) is 11.0 Å². The zero-order valence-electron chi connectivity index (χ0n) is 27.3. The Morgan fingerprint density at radius 2 is 1.36 bits per heavy atom. The summed E-state index contributed by atoms with van der Waals surface area (Å²) >= 11 is 0. The Labute approximate surface area is 284 Å². The van der Waals surface area contributed by atoms with Crippen LogP contribution in [-0.2, 0) is 25.8 Å². The predicted molar refractivity (Wildman–Crippen MR) is 167 cm³/mol. The summed E-state index contributed by atoms with van der Waals surface area (Å²) in [6.07, 6.45) is -6.78. The number of aromatic nitrogens is 1. The minimum absolute atomic E-state index is 0.00761. The molecule has 6 rings (SSSR count). The van der Waals surface area contributed by atoms with Gasteiger partial charge in [-0.2, -0.15) is 26.3 Å². The molecular formula is C35H37F8N5O2. The summed E-state index contributed by atoms with van der Waals surface area (Å²) in [6, 6.07) is 7.16. The maximum Gasteiger partial charge on any atom is 0.416 e. The van der Waals surface area contributed by atoms with Crippen molar-refractivity contribution >= 4 is 11.8 Å². The number of halogens is 8. The number of hydrogen-bond donors (Lipinski definition) is 0. The molecule has 3 aliphatic heterocycles. The molecule has 0 saturated carbocycles. The highest BCUT2D eigenvalue weighted by Gasteiger charge is 2.41. The van der Waals surface area contributed by atoms with Gasteiger partial charge in [-0.15, -0.1) is 0 Å². The molecule has 50 heavy (non-hydrogen) atoms. The van der Waals surface area contributed by atoms with E-state index < -0.39 is 52.6 Å². The average Bonchev–Trinajstić information content (AvgIpc) is 3.75. The summed E-state index contributed by atoms with van der Waals surface area (Å²) in [7, 11) is 1.83. The Morgan fingerprint density at radius 3 is 1.94 bits per heavy atom. The average molecular weight is 712 g/mol. The monoisotopic (exact) mass is 711 g/mol. The maximum absolute atomic E-state index is 14.2. The van der Waals surface area contributed by atoms with Crippen LogP contribution in [0.3, 0.4) is 0 Å². The molecule has 0 bridgehead atoms. The van der Waals surface area contributed by atoms with Crippen molar-refractivity contribution in [3.8, 4) is 0 Å². The molecule has 4 heterocycles. The van der Waals surface area contributed by atoms with Gasteiger partial charge in [-0.3, -0.25) is 19.4 Å². The summed E-state index contributed by atoms with van der Waals surface area (Å²) in [4.78, 5) is 34.5. The third kappa shape index (κ3) is 7.68. The Hall–Kier alpha value is -3.98. The van der Waals surface area contributed by atoms with Crippen molar-refractivity contribution < 1.29 is 44.7 Å². The lowest BCUT2D eigenvalue weighted by Gasteiger charge is -2.47. The molecule has 1 aromatic heterocycles. The van der Waals surface area contributed by atoms with Crippen molar-refractivity contribution in [3.63, 3.8) is 0 Å². The van der Waals surface area contributed by atoms with Crippen LogP contribution in [0.5, 0.6) is 0 Å². The quantitative estimate of drug-likeness (QED) is 0.291. The number of nitrogens with zero attached hydrogens (tertiary/aromatic N) is 5. The van der Waals surface area contributed by atoms with Crippen LogP contribution in [0.15, 0.2) is 54.7 Å². The Balaban J connectivity index is 1.16. The molecule has 0 aliphatic carbocycles. The van der Waals surface area contributed by atoms with Gasteiger partial charge in [-0.1, -0.05) is 6.07 Å². The molecule has 15 heteroatoms. The fraction of sp³-hybridized carbons (Fsp3) is 0.486. The maximum atomic E-state index is 14.2. The first kappa shape index (κ1) is 35.8. The van der Waals surface area contributed by atoms with E-state index in [0.29, 0.717) is 62.4 Å². The molecule has 0 N–H and O–H groups in total. The molecule has 2 aromatic carbocycles. The van der Waals surface area contributed by atoms with Crippen molar-refractivity contribution in [1.82, 2.24) is 24.2 Å². The van der Waals surface area contributed by atoms with Crippen LogP contribution in [0.4, 0.5) is 35.1 Å². The summed E-state index contributed by atoms with van der Waals surface area (Å²) in [5, 5.41) is 0. The zero-order valence-corrected chi connectivity index (χ0v) is 27.3. The number of likely N-dealkylation sites (tertiary alicyclic amines) is 2. The van der Waals surface area contributed by atoms with Gasteiger partial charge in [0.15, 0.2) is 11.6 Å². The van der Waals surface area contributed by atoms with Crippen LogP contribution in [0, 0.1) is 11.6 Å². The largest absolute Gasteiger partial charge is 0.416 e. The highest BCUT2D eigenvalue weighted by molar-refractivity contribution is 5.95. The molecule has 3 aromatic rings. The van der Waals surface area contributed by atoms with Gasteiger partial charge in [0.25, 0.3) is 11.8 Å². The van der Waals surface area contributed by atoms with Crippen LogP contribution in [-0.4, -0.2) is 99.9 Å². The van der Waals surface area contributed by atoms with Crippen LogP contribution >= 0.6 is 0 Å². The zero-order chi connectivity index (χ0) is 36.0.